The van der Waals surface area contributed by atoms with E-state index in [1.165, 1.54) is 12.8 Å². The molecule has 5 aromatic heterocycles. The molecule has 7 rings (SSSR count). The van der Waals surface area contributed by atoms with Crippen LogP contribution in [-0.4, -0.2) is 66.2 Å². The van der Waals surface area contributed by atoms with Crippen LogP contribution in [0.3, 0.4) is 0 Å². The van der Waals surface area contributed by atoms with Crippen molar-refractivity contribution in [3.8, 4) is 22.6 Å². The summed E-state index contributed by atoms with van der Waals surface area (Å²) in [6, 6.07) is 4.60. The average molecular weight is 427 g/mol. The number of fused-ring (bicyclic) bond motifs is 2. The molecule has 160 valence electrons. The predicted molar refractivity (Wildman–Crippen MR) is 119 cm³/mol. The Bertz CT molecular complexity index is 1440. The first-order valence-electron chi connectivity index (χ1n) is 10.9. The maximum absolute atomic E-state index is 5.49. The van der Waals surface area contributed by atoms with Gasteiger partial charge in [-0.15, -0.1) is 0 Å². The van der Waals surface area contributed by atoms with Gasteiger partial charge in [0.15, 0.2) is 17.3 Å². The van der Waals surface area contributed by atoms with Gasteiger partial charge in [0.1, 0.15) is 11.2 Å². The van der Waals surface area contributed by atoms with Gasteiger partial charge in [-0.2, -0.15) is 10.2 Å². The third-order valence-electron chi connectivity index (χ3n) is 6.19. The molecule has 2 aliphatic rings. The number of imidazole rings is 1. The van der Waals surface area contributed by atoms with E-state index in [-0.39, 0.29) is 0 Å². The van der Waals surface area contributed by atoms with Gasteiger partial charge in [-0.3, -0.25) is 9.78 Å². The van der Waals surface area contributed by atoms with Crippen molar-refractivity contribution in [2.24, 2.45) is 0 Å². The molecule has 1 saturated carbocycles. The van der Waals surface area contributed by atoms with E-state index in [0.29, 0.717) is 25.1 Å². The number of nitrogens with one attached hydrogen (secondary N) is 2. The van der Waals surface area contributed by atoms with E-state index >= 15 is 0 Å². The van der Waals surface area contributed by atoms with E-state index in [1.807, 2.05) is 24.7 Å². The second kappa shape index (κ2) is 6.86. The lowest BCUT2D eigenvalue weighted by Crippen LogP contribution is -2.36. The lowest BCUT2D eigenvalue weighted by atomic mass is 10.1. The Morgan fingerprint density at radius 2 is 1.97 bits per heavy atom. The molecule has 32 heavy (non-hydrogen) atoms. The van der Waals surface area contributed by atoms with E-state index in [1.54, 1.807) is 0 Å². The van der Waals surface area contributed by atoms with Crippen molar-refractivity contribution in [1.29, 1.82) is 0 Å². The van der Waals surface area contributed by atoms with Crippen molar-refractivity contribution in [2.75, 3.05) is 31.2 Å². The molecule has 10 heteroatoms. The summed E-state index contributed by atoms with van der Waals surface area (Å²) in [7, 11) is 0. The highest BCUT2D eigenvalue weighted by atomic mass is 16.5. The maximum atomic E-state index is 5.49. The number of pyridine rings is 2. The molecule has 1 saturated heterocycles. The Hall–Kier alpha value is -3.79. The third-order valence-corrected chi connectivity index (χ3v) is 6.19. The van der Waals surface area contributed by atoms with Crippen molar-refractivity contribution in [3.05, 3.63) is 36.9 Å². The number of nitrogens with zero attached hydrogens (tertiary/aromatic N) is 7. The second-order valence-electron chi connectivity index (χ2n) is 8.35. The Morgan fingerprint density at radius 3 is 2.84 bits per heavy atom. The third kappa shape index (κ3) is 2.87. The number of hydrogen-bond acceptors (Lipinski definition) is 7. The fourth-order valence-corrected chi connectivity index (χ4v) is 4.31. The van der Waals surface area contributed by atoms with Gasteiger partial charge in [-0.05, 0) is 25.0 Å². The van der Waals surface area contributed by atoms with Crippen LogP contribution in [0.15, 0.2) is 36.9 Å². The number of ether oxygens (including phenoxy) is 1. The predicted octanol–water partition coefficient (Wildman–Crippen LogP) is 2.93. The van der Waals surface area contributed by atoms with E-state index in [2.05, 4.69) is 52.1 Å². The van der Waals surface area contributed by atoms with Gasteiger partial charge in [-0.1, -0.05) is 0 Å². The summed E-state index contributed by atoms with van der Waals surface area (Å²) in [5.74, 6) is 1.57. The molecule has 6 heterocycles. The van der Waals surface area contributed by atoms with Crippen LogP contribution >= 0.6 is 0 Å². The summed E-state index contributed by atoms with van der Waals surface area (Å²) in [6.07, 6.45) is 10.1. The lowest BCUT2D eigenvalue weighted by molar-refractivity contribution is 0.122. The molecule has 0 unspecified atom stereocenters. The highest BCUT2D eigenvalue weighted by molar-refractivity contribution is 5.95. The topological polar surface area (TPSA) is 113 Å². The first-order chi connectivity index (χ1) is 15.8. The Morgan fingerprint density at radius 1 is 1.06 bits per heavy atom. The summed E-state index contributed by atoms with van der Waals surface area (Å²) >= 11 is 0. The number of rotatable bonds is 4. The smallest absolute Gasteiger partial charge is 0.159 e. The van der Waals surface area contributed by atoms with Crippen molar-refractivity contribution >= 4 is 27.9 Å². The standard InChI is InChI=1S/C22H21N9O/c1-2-15(1)31-12-14(11-25-31)13-9-16-18(28-29-20(16)24-10-13)21-26-17-3-4-23-22(19(17)27-21)30-5-7-32-8-6-30/h3-4,9-12,15H,1-2,5-8H2,(H,26,27)(H,24,28,29). The summed E-state index contributed by atoms with van der Waals surface area (Å²) in [4.78, 5) is 19.7. The van der Waals surface area contributed by atoms with Crippen LogP contribution in [0.1, 0.15) is 18.9 Å². The quantitative estimate of drug-likeness (QED) is 0.453. The Balaban J connectivity index is 1.31. The van der Waals surface area contributed by atoms with Crippen molar-refractivity contribution in [1.82, 2.24) is 39.9 Å². The molecule has 10 nitrogen and oxygen atoms in total. The van der Waals surface area contributed by atoms with Crippen LogP contribution in [0.2, 0.25) is 0 Å². The molecular weight excluding hydrogens is 406 g/mol. The molecule has 0 atom stereocenters. The number of anilines is 1. The van der Waals surface area contributed by atoms with E-state index in [4.69, 9.17) is 9.72 Å². The van der Waals surface area contributed by atoms with Crippen LogP contribution < -0.4 is 4.90 Å². The van der Waals surface area contributed by atoms with Crippen LogP contribution in [0, 0.1) is 0 Å². The van der Waals surface area contributed by atoms with Crippen molar-refractivity contribution in [2.45, 2.75) is 18.9 Å². The molecule has 0 amide bonds. The summed E-state index contributed by atoms with van der Waals surface area (Å²) in [5, 5.41) is 13.0. The molecule has 1 aliphatic carbocycles. The zero-order chi connectivity index (χ0) is 21.1. The molecule has 0 aromatic carbocycles. The van der Waals surface area contributed by atoms with Crippen molar-refractivity contribution in [3.63, 3.8) is 0 Å². The Labute approximate surface area is 182 Å². The Kier molecular flexibility index (Phi) is 3.82. The molecule has 0 radical (unpaired) electrons. The SMILES string of the molecule is c1cc2[nH]c(-c3n[nH]c4ncc(-c5cnn(C6CC6)c5)cc34)nc2c(N2CCOCC2)n1. The number of aromatic nitrogens is 8. The molecule has 2 N–H and O–H groups in total. The van der Waals surface area contributed by atoms with Crippen molar-refractivity contribution < 1.29 is 4.74 Å². The zero-order valence-corrected chi connectivity index (χ0v) is 17.3. The molecule has 0 bridgehead atoms. The maximum Gasteiger partial charge on any atom is 0.159 e. The van der Waals surface area contributed by atoms with Gasteiger partial charge in [-0.25, -0.2) is 15.0 Å². The van der Waals surface area contributed by atoms with E-state index in [0.717, 1.165) is 57.8 Å². The number of aromatic amines is 2. The second-order valence-corrected chi connectivity index (χ2v) is 8.35. The van der Waals surface area contributed by atoms with Crippen LogP contribution in [0.25, 0.3) is 44.7 Å². The van der Waals surface area contributed by atoms with Crippen LogP contribution in [0.4, 0.5) is 5.82 Å². The van der Waals surface area contributed by atoms with Gasteiger partial charge in [0, 0.05) is 42.8 Å². The summed E-state index contributed by atoms with van der Waals surface area (Å²) in [6.45, 7) is 3.01. The molecule has 1 aliphatic heterocycles. The average Bonchev–Trinajstić information content (AvgIpc) is 3.24. The summed E-state index contributed by atoms with van der Waals surface area (Å²) in [5.41, 5.74) is 5.32. The minimum Gasteiger partial charge on any atom is -0.378 e. The first kappa shape index (κ1) is 17.8. The number of morpholine rings is 1. The molecule has 0 spiro atoms. The van der Waals surface area contributed by atoms with E-state index < -0.39 is 0 Å². The number of H-pyrrole nitrogens is 2. The zero-order valence-electron chi connectivity index (χ0n) is 17.3. The molecular formula is C22H21N9O. The highest BCUT2D eigenvalue weighted by Gasteiger charge is 2.25. The lowest BCUT2D eigenvalue weighted by Gasteiger charge is -2.27. The highest BCUT2D eigenvalue weighted by Crippen LogP contribution is 2.36. The van der Waals surface area contributed by atoms with Gasteiger partial charge >= 0.3 is 0 Å². The largest absolute Gasteiger partial charge is 0.378 e. The van der Waals surface area contributed by atoms with Crippen LogP contribution in [0.5, 0.6) is 0 Å². The van der Waals surface area contributed by atoms with Crippen LogP contribution in [-0.2, 0) is 4.74 Å². The molecule has 5 aromatic rings. The first-order valence-corrected chi connectivity index (χ1v) is 10.9. The summed E-state index contributed by atoms with van der Waals surface area (Å²) < 4.78 is 7.54. The molecule has 2 fully saturated rings. The van der Waals surface area contributed by atoms with Gasteiger partial charge in [0.25, 0.3) is 0 Å². The minimum atomic E-state index is 0.551. The van der Waals surface area contributed by atoms with Gasteiger partial charge in [0.2, 0.25) is 0 Å². The monoisotopic (exact) mass is 427 g/mol. The normalized spacial score (nSPS) is 16.9. The minimum absolute atomic E-state index is 0.551. The number of hydrogen-bond donors (Lipinski definition) is 2. The van der Waals surface area contributed by atoms with Gasteiger partial charge in [0.05, 0.1) is 36.4 Å². The van der Waals surface area contributed by atoms with E-state index in [9.17, 15) is 0 Å². The van der Waals surface area contributed by atoms with Gasteiger partial charge < -0.3 is 14.6 Å². The fourth-order valence-electron chi connectivity index (χ4n) is 4.31. The fraction of sp³-hybridized carbons (Fsp3) is 0.318.